The Kier molecular flexibility index (Phi) is 13.8. The van der Waals surface area contributed by atoms with Gasteiger partial charge >= 0.3 is 0 Å². The number of hydrogen-bond acceptors (Lipinski definition) is 4. The number of rotatable bonds is 13. The number of hydrogen-bond donors (Lipinski definition) is 1. The summed E-state index contributed by atoms with van der Waals surface area (Å²) in [6.45, 7) is 4.33. The van der Waals surface area contributed by atoms with Crippen LogP contribution in [0.1, 0.15) is 78.1 Å². The van der Waals surface area contributed by atoms with Gasteiger partial charge in [-0.25, -0.2) is 10.1 Å². The van der Waals surface area contributed by atoms with Gasteiger partial charge in [0.2, 0.25) is 0 Å². The maximum atomic E-state index is 8.03. The van der Waals surface area contributed by atoms with E-state index in [9.17, 15) is 0 Å². The fourth-order valence-corrected chi connectivity index (χ4v) is 1.96. The zero-order chi connectivity index (χ0) is 12.8. The molecule has 0 fully saturated rings. The van der Waals surface area contributed by atoms with E-state index in [1.54, 1.807) is 0 Å². The molecular weight excluding hydrogens is 220 g/mol. The van der Waals surface area contributed by atoms with E-state index in [0.717, 1.165) is 25.7 Å². The van der Waals surface area contributed by atoms with Crippen molar-refractivity contribution in [1.82, 2.24) is 0 Å². The Hall–Kier alpha value is -0.160. The van der Waals surface area contributed by atoms with Crippen LogP contribution >= 0.6 is 0 Å². The second kappa shape index (κ2) is 13.9. The summed E-state index contributed by atoms with van der Waals surface area (Å²) < 4.78 is 0. The van der Waals surface area contributed by atoms with Crippen LogP contribution in [-0.4, -0.2) is 11.4 Å². The summed E-state index contributed by atoms with van der Waals surface area (Å²) in [5.41, 5.74) is 0. The van der Waals surface area contributed by atoms with Crippen LogP contribution in [0, 0.1) is 0 Å². The monoisotopic (exact) mass is 248 g/mol. The van der Waals surface area contributed by atoms with Crippen LogP contribution in [0.25, 0.3) is 0 Å². The second-order valence-electron chi connectivity index (χ2n) is 4.56. The van der Waals surface area contributed by atoms with Crippen molar-refractivity contribution in [3.8, 4) is 0 Å². The van der Waals surface area contributed by atoms with Crippen LogP contribution in [0.2, 0.25) is 0 Å². The highest BCUT2D eigenvalue weighted by Gasteiger charge is 2.09. The van der Waals surface area contributed by atoms with Gasteiger partial charge in [0.1, 0.15) is 0 Å². The standard InChI is InChI=1S/C13H28O4/c1-3-5-6-7-8-9-10-12-13(11-4-2)15-17-16-14/h13-14H,3-12H2,1-2H3. The molecule has 0 aliphatic rings. The average Bonchev–Trinajstić information content (AvgIpc) is 2.34. The van der Waals surface area contributed by atoms with Crippen LogP contribution < -0.4 is 0 Å². The minimum absolute atomic E-state index is 0.0304. The highest BCUT2D eigenvalue weighted by atomic mass is 17.6. The fourth-order valence-electron chi connectivity index (χ4n) is 1.96. The quantitative estimate of drug-likeness (QED) is 0.293. The first-order valence-corrected chi connectivity index (χ1v) is 6.98. The number of unbranched alkanes of at least 4 members (excludes halogenated alkanes) is 6. The van der Waals surface area contributed by atoms with Crippen LogP contribution in [0.4, 0.5) is 0 Å². The summed E-state index contributed by atoms with van der Waals surface area (Å²) in [6.07, 6.45) is 12.0. The Morgan fingerprint density at radius 2 is 1.47 bits per heavy atom. The Morgan fingerprint density at radius 3 is 2.06 bits per heavy atom. The topological polar surface area (TPSA) is 47.9 Å². The largest absolute Gasteiger partial charge is 0.219 e. The maximum absolute atomic E-state index is 8.03. The average molecular weight is 248 g/mol. The highest BCUT2D eigenvalue weighted by Crippen LogP contribution is 2.14. The van der Waals surface area contributed by atoms with E-state index in [0.29, 0.717) is 0 Å². The van der Waals surface area contributed by atoms with E-state index in [1.165, 1.54) is 38.5 Å². The van der Waals surface area contributed by atoms with Gasteiger partial charge in [0.15, 0.2) is 0 Å². The SMILES string of the molecule is CCCCCCCCCC(CCC)OOOO. The van der Waals surface area contributed by atoms with E-state index in [4.69, 9.17) is 10.1 Å². The van der Waals surface area contributed by atoms with E-state index in [2.05, 4.69) is 23.9 Å². The predicted octanol–water partition coefficient (Wildman–Crippen LogP) is 4.65. The molecular formula is C13H28O4. The Balaban J connectivity index is 3.34. The van der Waals surface area contributed by atoms with Gasteiger partial charge in [0.25, 0.3) is 0 Å². The minimum atomic E-state index is 0.0304. The summed E-state index contributed by atoms with van der Waals surface area (Å²) in [4.78, 5) is 4.90. The van der Waals surface area contributed by atoms with E-state index in [1.807, 2.05) is 0 Å². The third kappa shape index (κ3) is 12.1. The fraction of sp³-hybridized carbons (Fsp3) is 1.00. The van der Waals surface area contributed by atoms with Gasteiger partial charge in [0.05, 0.1) is 6.10 Å². The lowest BCUT2D eigenvalue weighted by atomic mass is 10.0. The molecule has 0 spiro atoms. The van der Waals surface area contributed by atoms with Crippen molar-refractivity contribution in [2.24, 2.45) is 0 Å². The van der Waals surface area contributed by atoms with Gasteiger partial charge in [-0.2, -0.15) is 0 Å². The van der Waals surface area contributed by atoms with Gasteiger partial charge in [-0.05, 0) is 22.9 Å². The van der Waals surface area contributed by atoms with E-state index < -0.39 is 0 Å². The lowest BCUT2D eigenvalue weighted by Gasteiger charge is -2.13. The molecule has 0 aliphatic heterocycles. The van der Waals surface area contributed by atoms with Crippen molar-refractivity contribution in [2.45, 2.75) is 84.2 Å². The van der Waals surface area contributed by atoms with Crippen molar-refractivity contribution in [2.75, 3.05) is 0 Å². The molecule has 0 rings (SSSR count). The molecule has 1 atom stereocenters. The van der Waals surface area contributed by atoms with Gasteiger partial charge in [-0.3, -0.25) is 0 Å². The lowest BCUT2D eigenvalue weighted by molar-refractivity contribution is -0.632. The molecule has 0 saturated carbocycles. The Labute approximate surface area is 105 Å². The zero-order valence-electron chi connectivity index (χ0n) is 11.3. The zero-order valence-corrected chi connectivity index (χ0v) is 11.3. The molecule has 0 aromatic heterocycles. The Bertz CT molecular complexity index is 141. The van der Waals surface area contributed by atoms with E-state index >= 15 is 0 Å². The summed E-state index contributed by atoms with van der Waals surface area (Å²) >= 11 is 0. The molecule has 0 amide bonds. The molecule has 17 heavy (non-hydrogen) atoms. The van der Waals surface area contributed by atoms with E-state index in [-0.39, 0.29) is 6.10 Å². The minimum Gasteiger partial charge on any atom is -0.219 e. The molecule has 1 N–H and O–H groups in total. The smallest absolute Gasteiger partial charge is 0.0962 e. The van der Waals surface area contributed by atoms with Gasteiger partial charge in [-0.1, -0.05) is 65.2 Å². The highest BCUT2D eigenvalue weighted by molar-refractivity contribution is 4.56. The third-order valence-electron chi connectivity index (χ3n) is 2.95. The lowest BCUT2D eigenvalue weighted by Crippen LogP contribution is -2.13. The van der Waals surface area contributed by atoms with Crippen molar-refractivity contribution in [3.63, 3.8) is 0 Å². The van der Waals surface area contributed by atoms with Gasteiger partial charge in [-0.15, -0.1) is 0 Å². The van der Waals surface area contributed by atoms with Crippen LogP contribution in [-0.2, 0) is 15.0 Å². The molecule has 0 saturated heterocycles. The molecule has 0 bridgehead atoms. The van der Waals surface area contributed by atoms with Crippen molar-refractivity contribution >= 4 is 0 Å². The van der Waals surface area contributed by atoms with Crippen molar-refractivity contribution in [3.05, 3.63) is 0 Å². The molecule has 0 radical (unpaired) electrons. The molecule has 0 aromatic carbocycles. The summed E-state index contributed by atoms with van der Waals surface area (Å²) in [5.74, 6) is 0. The van der Waals surface area contributed by atoms with Crippen molar-refractivity contribution in [1.29, 1.82) is 0 Å². The summed E-state index contributed by atoms with van der Waals surface area (Å²) in [6, 6.07) is 0. The second-order valence-corrected chi connectivity index (χ2v) is 4.56. The van der Waals surface area contributed by atoms with Crippen LogP contribution in [0.3, 0.4) is 0 Å². The first-order chi connectivity index (χ1) is 8.35. The molecule has 0 heterocycles. The Morgan fingerprint density at radius 1 is 0.824 bits per heavy atom. The first-order valence-electron chi connectivity index (χ1n) is 6.98. The normalized spacial score (nSPS) is 12.9. The first kappa shape index (κ1) is 16.8. The van der Waals surface area contributed by atoms with Crippen molar-refractivity contribution < 1.29 is 20.2 Å². The predicted molar refractivity (Wildman–Crippen MR) is 67.2 cm³/mol. The molecule has 1 unspecified atom stereocenters. The van der Waals surface area contributed by atoms with Gasteiger partial charge in [0, 0.05) is 0 Å². The van der Waals surface area contributed by atoms with Gasteiger partial charge < -0.3 is 0 Å². The maximum Gasteiger partial charge on any atom is 0.0962 e. The molecule has 0 aromatic rings. The molecule has 0 aliphatic carbocycles. The van der Waals surface area contributed by atoms with Crippen LogP contribution in [0.15, 0.2) is 0 Å². The third-order valence-corrected chi connectivity index (χ3v) is 2.95. The molecule has 4 nitrogen and oxygen atoms in total. The summed E-state index contributed by atoms with van der Waals surface area (Å²) in [5, 5.41) is 15.6. The summed E-state index contributed by atoms with van der Waals surface area (Å²) in [7, 11) is 0. The molecule has 104 valence electrons. The van der Waals surface area contributed by atoms with Crippen LogP contribution in [0.5, 0.6) is 0 Å². The molecule has 4 heteroatoms.